The van der Waals surface area contributed by atoms with E-state index in [1.165, 1.54) is 5.69 Å². The number of piperazine rings is 1. The van der Waals surface area contributed by atoms with Gasteiger partial charge in [-0.3, -0.25) is 4.90 Å². The summed E-state index contributed by atoms with van der Waals surface area (Å²) in [6, 6.07) is 6.26. The average Bonchev–Trinajstić information content (AvgIpc) is 2.48. The highest BCUT2D eigenvalue weighted by Crippen LogP contribution is 2.31. The number of aliphatic hydroxyl groups excluding tert-OH is 1. The van der Waals surface area contributed by atoms with Crippen LogP contribution in [0, 0.1) is 6.92 Å². The van der Waals surface area contributed by atoms with Gasteiger partial charge in [0, 0.05) is 32.7 Å². The van der Waals surface area contributed by atoms with Crippen LogP contribution in [-0.4, -0.2) is 62.5 Å². The molecule has 0 bridgehead atoms. The van der Waals surface area contributed by atoms with Crippen molar-refractivity contribution in [2.24, 2.45) is 5.73 Å². The average molecular weight is 293 g/mol. The first-order valence-corrected chi connectivity index (χ1v) is 7.64. The van der Waals surface area contributed by atoms with Crippen molar-refractivity contribution in [3.63, 3.8) is 0 Å². The summed E-state index contributed by atoms with van der Waals surface area (Å²) in [7, 11) is 1.73. The zero-order valence-electron chi connectivity index (χ0n) is 13.1. The summed E-state index contributed by atoms with van der Waals surface area (Å²) in [5.74, 6) is 0.967. The molecule has 1 heterocycles. The highest BCUT2D eigenvalue weighted by atomic mass is 16.5. The van der Waals surface area contributed by atoms with Crippen LogP contribution in [0.1, 0.15) is 12.0 Å². The van der Waals surface area contributed by atoms with Crippen molar-refractivity contribution in [3.8, 4) is 5.75 Å². The van der Waals surface area contributed by atoms with Crippen LogP contribution in [0.3, 0.4) is 0 Å². The number of β-amino-alcohol motifs (C(OH)–C–C–N with tert-alkyl or cyclic N) is 1. The van der Waals surface area contributed by atoms with Crippen LogP contribution in [0.25, 0.3) is 0 Å². The van der Waals surface area contributed by atoms with Crippen LogP contribution in [0.5, 0.6) is 5.75 Å². The van der Waals surface area contributed by atoms with Gasteiger partial charge in [-0.15, -0.1) is 0 Å². The van der Waals surface area contributed by atoms with Gasteiger partial charge in [-0.05, 0) is 31.5 Å². The van der Waals surface area contributed by atoms with Crippen LogP contribution >= 0.6 is 0 Å². The number of rotatable bonds is 6. The Labute approximate surface area is 127 Å². The molecule has 0 amide bonds. The smallest absolute Gasteiger partial charge is 0.145 e. The third-order valence-corrected chi connectivity index (χ3v) is 4.08. The zero-order chi connectivity index (χ0) is 15.2. The molecule has 21 heavy (non-hydrogen) atoms. The first-order valence-electron chi connectivity index (χ1n) is 7.64. The lowest BCUT2D eigenvalue weighted by Crippen LogP contribution is -2.48. The molecule has 0 spiro atoms. The number of benzene rings is 1. The van der Waals surface area contributed by atoms with E-state index in [0.29, 0.717) is 13.0 Å². The Morgan fingerprint density at radius 1 is 1.29 bits per heavy atom. The summed E-state index contributed by atoms with van der Waals surface area (Å²) in [5.41, 5.74) is 7.81. The summed E-state index contributed by atoms with van der Waals surface area (Å²) < 4.78 is 5.54. The molecule has 5 heteroatoms. The van der Waals surface area contributed by atoms with Crippen molar-refractivity contribution in [2.75, 3.05) is 51.3 Å². The molecule has 0 radical (unpaired) electrons. The van der Waals surface area contributed by atoms with Crippen molar-refractivity contribution in [1.82, 2.24) is 4.90 Å². The number of aliphatic hydroxyl groups is 1. The fourth-order valence-electron chi connectivity index (χ4n) is 2.90. The number of anilines is 1. The minimum absolute atomic E-state index is 0.310. The molecule has 0 aliphatic carbocycles. The molecular weight excluding hydrogens is 266 g/mol. The molecule has 5 nitrogen and oxygen atoms in total. The first-order chi connectivity index (χ1) is 10.2. The van der Waals surface area contributed by atoms with Crippen LogP contribution in [0.15, 0.2) is 18.2 Å². The standard InChI is InChI=1S/C16H27N3O2/c1-13-4-3-5-15(16(13)21-2)19-10-8-18(9-11-19)12-14(20)6-7-17/h3-5,14,20H,6-12,17H2,1-2H3. The van der Waals surface area contributed by atoms with Gasteiger partial charge in [0.05, 0.1) is 18.9 Å². The van der Waals surface area contributed by atoms with Crippen LogP contribution in [0.4, 0.5) is 5.69 Å². The van der Waals surface area contributed by atoms with E-state index >= 15 is 0 Å². The lowest BCUT2D eigenvalue weighted by Gasteiger charge is -2.37. The molecule has 1 aliphatic rings. The predicted molar refractivity (Wildman–Crippen MR) is 86.1 cm³/mol. The number of aryl methyl sites for hydroxylation is 1. The molecule has 0 aromatic heterocycles. The van der Waals surface area contributed by atoms with E-state index in [9.17, 15) is 5.11 Å². The molecule has 1 fully saturated rings. The maximum Gasteiger partial charge on any atom is 0.145 e. The van der Waals surface area contributed by atoms with Gasteiger partial charge >= 0.3 is 0 Å². The minimum Gasteiger partial charge on any atom is -0.494 e. The van der Waals surface area contributed by atoms with E-state index in [4.69, 9.17) is 10.5 Å². The number of nitrogens with zero attached hydrogens (tertiary/aromatic N) is 2. The van der Waals surface area contributed by atoms with Crippen LogP contribution < -0.4 is 15.4 Å². The molecule has 1 aliphatic heterocycles. The molecule has 118 valence electrons. The fourth-order valence-corrected chi connectivity index (χ4v) is 2.90. The maximum atomic E-state index is 9.85. The number of hydrogen-bond acceptors (Lipinski definition) is 5. The number of ether oxygens (including phenoxy) is 1. The summed E-state index contributed by atoms with van der Waals surface area (Å²) in [5, 5.41) is 9.85. The lowest BCUT2D eigenvalue weighted by atomic mass is 10.1. The Balaban J connectivity index is 1.94. The molecule has 2 rings (SSSR count). The van der Waals surface area contributed by atoms with Crippen molar-refractivity contribution in [1.29, 1.82) is 0 Å². The third-order valence-electron chi connectivity index (χ3n) is 4.08. The maximum absolute atomic E-state index is 9.85. The van der Waals surface area contributed by atoms with Gasteiger partial charge in [-0.1, -0.05) is 12.1 Å². The van der Waals surface area contributed by atoms with Crippen LogP contribution in [-0.2, 0) is 0 Å². The van der Waals surface area contributed by atoms with E-state index in [0.717, 1.165) is 44.0 Å². The number of para-hydroxylation sites is 1. The topological polar surface area (TPSA) is 62.0 Å². The molecule has 1 atom stereocenters. The van der Waals surface area contributed by atoms with E-state index in [2.05, 4.69) is 34.9 Å². The predicted octanol–water partition coefficient (Wildman–Crippen LogP) is 0.835. The summed E-state index contributed by atoms with van der Waals surface area (Å²) >= 11 is 0. The third kappa shape index (κ3) is 4.09. The summed E-state index contributed by atoms with van der Waals surface area (Å²) in [6.07, 6.45) is 0.362. The van der Waals surface area contributed by atoms with E-state index in [1.807, 2.05) is 0 Å². The number of nitrogens with two attached hydrogens (primary N) is 1. The van der Waals surface area contributed by atoms with Crippen molar-refractivity contribution >= 4 is 5.69 Å². The van der Waals surface area contributed by atoms with Gasteiger partial charge in [0.1, 0.15) is 5.75 Å². The summed E-state index contributed by atoms with van der Waals surface area (Å²) in [4.78, 5) is 4.66. The molecule has 0 saturated carbocycles. The zero-order valence-corrected chi connectivity index (χ0v) is 13.1. The molecule has 1 unspecified atom stereocenters. The largest absolute Gasteiger partial charge is 0.494 e. The molecular formula is C16H27N3O2. The fraction of sp³-hybridized carbons (Fsp3) is 0.625. The van der Waals surface area contributed by atoms with E-state index in [-0.39, 0.29) is 6.10 Å². The molecule has 3 N–H and O–H groups in total. The van der Waals surface area contributed by atoms with Crippen molar-refractivity contribution in [2.45, 2.75) is 19.4 Å². The van der Waals surface area contributed by atoms with Gasteiger partial charge in [0.25, 0.3) is 0 Å². The molecule has 1 aromatic carbocycles. The monoisotopic (exact) mass is 293 g/mol. The normalized spacial score (nSPS) is 17.8. The second kappa shape index (κ2) is 7.64. The van der Waals surface area contributed by atoms with Gasteiger partial charge < -0.3 is 20.5 Å². The Morgan fingerprint density at radius 2 is 2.00 bits per heavy atom. The van der Waals surface area contributed by atoms with Gasteiger partial charge in [0.2, 0.25) is 0 Å². The SMILES string of the molecule is COc1c(C)cccc1N1CCN(CC(O)CCN)CC1. The number of hydrogen-bond donors (Lipinski definition) is 2. The second-order valence-corrected chi connectivity index (χ2v) is 5.65. The molecule has 1 saturated heterocycles. The van der Waals surface area contributed by atoms with Crippen molar-refractivity contribution in [3.05, 3.63) is 23.8 Å². The Hall–Kier alpha value is -1.30. The molecule has 1 aromatic rings. The second-order valence-electron chi connectivity index (χ2n) is 5.65. The Bertz CT molecular complexity index is 445. The highest BCUT2D eigenvalue weighted by Gasteiger charge is 2.21. The minimum atomic E-state index is -0.310. The Morgan fingerprint density at radius 3 is 2.62 bits per heavy atom. The number of methoxy groups -OCH3 is 1. The van der Waals surface area contributed by atoms with E-state index in [1.54, 1.807) is 7.11 Å². The first kappa shape index (κ1) is 16.1. The van der Waals surface area contributed by atoms with Gasteiger partial charge in [0.15, 0.2) is 0 Å². The highest BCUT2D eigenvalue weighted by molar-refractivity contribution is 5.62. The van der Waals surface area contributed by atoms with E-state index < -0.39 is 0 Å². The quantitative estimate of drug-likeness (QED) is 0.814. The summed E-state index contributed by atoms with van der Waals surface area (Å²) in [6.45, 7) is 7.15. The lowest BCUT2D eigenvalue weighted by molar-refractivity contribution is 0.104. The Kier molecular flexibility index (Phi) is 5.85. The van der Waals surface area contributed by atoms with Gasteiger partial charge in [-0.25, -0.2) is 0 Å². The van der Waals surface area contributed by atoms with Crippen LogP contribution in [0.2, 0.25) is 0 Å². The van der Waals surface area contributed by atoms with Crippen molar-refractivity contribution < 1.29 is 9.84 Å². The van der Waals surface area contributed by atoms with Gasteiger partial charge in [-0.2, -0.15) is 0 Å².